The van der Waals surface area contributed by atoms with Crippen molar-refractivity contribution in [1.29, 1.82) is 0 Å². The van der Waals surface area contributed by atoms with Crippen LogP contribution in [-0.4, -0.2) is 38.8 Å². The van der Waals surface area contributed by atoms with Crippen LogP contribution in [0.2, 0.25) is 0 Å². The van der Waals surface area contributed by atoms with E-state index in [1.807, 2.05) is 12.4 Å². The molecule has 0 aliphatic rings. The smallest absolute Gasteiger partial charge is 0.145 e. The number of rotatable bonds is 7. The van der Waals surface area contributed by atoms with Gasteiger partial charge >= 0.3 is 0 Å². The van der Waals surface area contributed by atoms with Crippen molar-refractivity contribution in [1.82, 2.24) is 32.1 Å². The van der Waals surface area contributed by atoms with Gasteiger partial charge in [-0.2, -0.15) is 0 Å². The summed E-state index contributed by atoms with van der Waals surface area (Å²) in [6.45, 7) is 6.12. The monoisotopic (exact) mass is 1260 g/mol. The van der Waals surface area contributed by atoms with Crippen LogP contribution in [0.25, 0.3) is 214 Å². The quantitative estimate of drug-likeness (QED) is 0.147. The van der Waals surface area contributed by atoms with E-state index in [9.17, 15) is 0 Å². The first-order valence-electron chi connectivity index (χ1n) is 34.0. The lowest BCUT2D eigenvalue weighted by molar-refractivity contribution is 1.05. The maximum Gasteiger partial charge on any atom is 0.145 e. The van der Waals surface area contributed by atoms with Gasteiger partial charge in [0.15, 0.2) is 0 Å². The molecule has 8 heteroatoms. The van der Waals surface area contributed by atoms with E-state index in [2.05, 4.69) is 331 Å². The van der Waals surface area contributed by atoms with Crippen LogP contribution in [0.1, 0.15) is 11.3 Å². The number of nitrogens with zero attached hydrogens (tertiary/aromatic N) is 8. The minimum Gasteiger partial charge on any atom is -0.313 e. The van der Waals surface area contributed by atoms with Crippen LogP contribution in [0.3, 0.4) is 0 Å². The average molecular weight is 1260 g/mol. The molecule has 0 radical (unpaired) electrons. The topological polar surface area (TPSA) is 53.8 Å². The highest BCUT2D eigenvalue weighted by molar-refractivity contribution is 6.37. The number of benzene rings is 14. The molecule has 0 saturated carbocycles. The Hall–Kier alpha value is -13.3. The van der Waals surface area contributed by atoms with Crippen LogP contribution in [0.5, 0.6) is 0 Å². The summed E-state index contributed by atoms with van der Waals surface area (Å²) in [7, 11) is 0. The molecule has 9 aromatic heterocycles. The fraction of sp³-hybridized carbons (Fsp3) is 0.0110. The van der Waals surface area contributed by atoms with E-state index in [0.717, 1.165) is 78.0 Å². The molecule has 14 aromatic carbocycles. The second kappa shape index (κ2) is 19.2. The summed E-state index contributed by atoms with van der Waals surface area (Å²) >= 11 is 0. The normalized spacial score (nSPS) is 12.7. The standard InChI is InChI=1S/C91H54N8/c1-52-63(40-42-92-2)69-48-61(95-77-27-13-10-23-64(77)71-50-73-66-25-12-15-29-79(66)98-83-46-56-19-8-6-17-54(56)44-75(83)85(87(71)95)89(73)98)35-38-80(69)94(52)60-33-30-53(31-34-60)58-32-37-82-68(43-58)74-51-72-65-24-11-14-28-78(65)96(88(72)86-76-45-55-18-7-9-20-57(55)47-84(76)99(82)90(74)86)62-36-39-81-70(49-62)67-26-16-41-93-91(67)97(81)59-21-4-3-5-22-59/h3-51H,2H2,1H3/b42-40-. The lowest BCUT2D eigenvalue weighted by Gasteiger charge is -2.12. The molecule has 0 unspecified atom stereocenters. The number of pyridine rings is 1. The first-order valence-corrected chi connectivity index (χ1v) is 34.0. The largest absolute Gasteiger partial charge is 0.313 e. The third-order valence-corrected chi connectivity index (χ3v) is 22.1. The van der Waals surface area contributed by atoms with E-state index < -0.39 is 0 Å². The van der Waals surface area contributed by atoms with Gasteiger partial charge in [0.25, 0.3) is 0 Å². The molecule has 8 nitrogen and oxygen atoms in total. The molecule has 23 aromatic rings. The molecular formula is C91H54N8. The van der Waals surface area contributed by atoms with E-state index in [-0.39, 0.29) is 0 Å². The van der Waals surface area contributed by atoms with E-state index in [1.54, 1.807) is 0 Å². The van der Waals surface area contributed by atoms with Crippen LogP contribution >= 0.6 is 0 Å². The maximum atomic E-state index is 4.98. The van der Waals surface area contributed by atoms with Crippen molar-refractivity contribution in [3.8, 4) is 33.9 Å². The zero-order valence-electron chi connectivity index (χ0n) is 53.6. The van der Waals surface area contributed by atoms with Crippen LogP contribution in [-0.2, 0) is 0 Å². The van der Waals surface area contributed by atoms with Crippen molar-refractivity contribution in [2.24, 2.45) is 4.99 Å². The highest BCUT2D eigenvalue weighted by Crippen LogP contribution is 2.51. The Labute approximate surface area is 564 Å². The van der Waals surface area contributed by atoms with Gasteiger partial charge in [0, 0.05) is 127 Å². The number of para-hydroxylation sites is 4. The summed E-state index contributed by atoms with van der Waals surface area (Å²) in [5, 5.41) is 23.3. The Morgan fingerprint density at radius 2 is 0.747 bits per heavy atom. The Balaban J connectivity index is 0.696. The molecule has 0 fully saturated rings. The van der Waals surface area contributed by atoms with Gasteiger partial charge in [0.1, 0.15) is 5.65 Å². The molecule has 99 heavy (non-hydrogen) atoms. The first kappa shape index (κ1) is 53.0. The second-order valence-electron chi connectivity index (χ2n) is 27.0. The Bertz CT molecular complexity index is 7550. The van der Waals surface area contributed by atoms with Gasteiger partial charge in [-0.05, 0) is 192 Å². The lowest BCUT2D eigenvalue weighted by atomic mass is 9.99. The van der Waals surface area contributed by atoms with E-state index >= 15 is 0 Å². The van der Waals surface area contributed by atoms with Crippen molar-refractivity contribution in [3.05, 3.63) is 303 Å². The number of aromatic nitrogens is 7. The van der Waals surface area contributed by atoms with Crippen molar-refractivity contribution in [2.75, 3.05) is 0 Å². The number of hydrogen-bond donors (Lipinski definition) is 0. The zero-order chi connectivity index (χ0) is 64.6. The molecular weight excluding hydrogens is 1210 g/mol. The van der Waals surface area contributed by atoms with E-state index in [4.69, 9.17) is 4.98 Å². The molecule has 0 saturated heterocycles. The molecule has 0 atom stereocenters. The molecule has 0 bridgehead atoms. The third-order valence-electron chi connectivity index (χ3n) is 22.1. The highest BCUT2D eigenvalue weighted by Gasteiger charge is 2.29. The fourth-order valence-corrected chi connectivity index (χ4v) is 18.0. The Morgan fingerprint density at radius 1 is 0.303 bits per heavy atom. The van der Waals surface area contributed by atoms with Crippen LogP contribution in [0.15, 0.2) is 296 Å². The van der Waals surface area contributed by atoms with Gasteiger partial charge in [-0.3, -0.25) is 9.56 Å². The molecule has 9 heterocycles. The van der Waals surface area contributed by atoms with Gasteiger partial charge in [-0.15, -0.1) is 0 Å². The van der Waals surface area contributed by atoms with Gasteiger partial charge in [0.05, 0.1) is 66.2 Å². The summed E-state index contributed by atoms with van der Waals surface area (Å²) < 4.78 is 14.8. The van der Waals surface area contributed by atoms with Crippen molar-refractivity contribution < 1.29 is 0 Å². The van der Waals surface area contributed by atoms with Gasteiger partial charge in [-0.25, -0.2) is 4.98 Å². The average Bonchev–Trinajstić information content (AvgIpc) is 1.52. The summed E-state index contributed by atoms with van der Waals surface area (Å²) in [5.41, 5.74) is 24.2. The highest BCUT2D eigenvalue weighted by atomic mass is 15.1. The van der Waals surface area contributed by atoms with E-state index in [1.165, 1.54) is 141 Å². The minimum atomic E-state index is 0.945. The predicted molar refractivity (Wildman–Crippen MR) is 417 cm³/mol. The third kappa shape index (κ3) is 6.90. The zero-order valence-corrected chi connectivity index (χ0v) is 53.6. The summed E-state index contributed by atoms with van der Waals surface area (Å²) in [5.74, 6) is 0. The predicted octanol–water partition coefficient (Wildman–Crippen LogP) is 23.6. The number of fused-ring (bicyclic) bond motifs is 26. The fourth-order valence-electron chi connectivity index (χ4n) is 18.0. The van der Waals surface area contributed by atoms with Crippen molar-refractivity contribution in [2.45, 2.75) is 6.92 Å². The molecule has 0 aliphatic heterocycles. The van der Waals surface area contributed by atoms with Crippen molar-refractivity contribution >= 4 is 187 Å². The molecule has 0 spiro atoms. The van der Waals surface area contributed by atoms with Crippen molar-refractivity contribution in [3.63, 3.8) is 0 Å². The summed E-state index contributed by atoms with van der Waals surface area (Å²) in [6, 6.07) is 104. The van der Waals surface area contributed by atoms with Gasteiger partial charge < -0.3 is 22.5 Å². The van der Waals surface area contributed by atoms with Crippen LogP contribution in [0, 0.1) is 6.92 Å². The summed E-state index contributed by atoms with van der Waals surface area (Å²) in [6.07, 6.45) is 5.84. The maximum absolute atomic E-state index is 4.98. The summed E-state index contributed by atoms with van der Waals surface area (Å²) in [4.78, 5) is 9.25. The molecule has 23 rings (SSSR count). The van der Waals surface area contributed by atoms with E-state index in [0.29, 0.717) is 0 Å². The van der Waals surface area contributed by atoms with Gasteiger partial charge in [0.2, 0.25) is 0 Å². The number of aliphatic imine (C=N–C) groups is 1. The molecule has 0 aliphatic carbocycles. The SMILES string of the molecule is C=N/C=C\c1c(C)n(-c2ccc(-c3ccc4c(c3)c3cc5c6ccccc6n(-c6ccc7c(c6)c6cccnc6n7-c6ccccc6)c5c5c6cc7ccccc7cc6n4c35)cc2)c2ccc(-n3c4ccccc4c4cc5c6ccccc6n6c7cc8ccccc8cc7c(c43)c56)cc12. The molecule has 0 N–H and O–H groups in total. The molecule has 458 valence electrons. The minimum absolute atomic E-state index is 0.945. The number of hydrogen-bond acceptors (Lipinski definition) is 2. The van der Waals surface area contributed by atoms with Gasteiger partial charge in [-0.1, -0.05) is 140 Å². The lowest BCUT2D eigenvalue weighted by Crippen LogP contribution is -1.97. The second-order valence-corrected chi connectivity index (χ2v) is 27.0. The molecule has 0 amide bonds. The van der Waals surface area contributed by atoms with Crippen LogP contribution in [0.4, 0.5) is 0 Å². The Kier molecular flexibility index (Phi) is 10.3. The van der Waals surface area contributed by atoms with Crippen LogP contribution < -0.4 is 0 Å². The first-order chi connectivity index (χ1) is 49.0. The Morgan fingerprint density at radius 3 is 1.36 bits per heavy atom.